The number of rotatable bonds is 4. The molecule has 146 valence electrons. The van der Waals surface area contributed by atoms with Crippen molar-refractivity contribution in [1.29, 1.82) is 0 Å². The van der Waals surface area contributed by atoms with Crippen molar-refractivity contribution < 1.29 is 9.13 Å². The van der Waals surface area contributed by atoms with Crippen LogP contribution >= 0.6 is 0 Å². The number of fused-ring (bicyclic) bond motifs is 2. The first-order valence-corrected chi connectivity index (χ1v) is 9.89. The minimum Gasteiger partial charge on any atom is -0.490 e. The minimum absolute atomic E-state index is 0.299. The number of benzene rings is 1. The summed E-state index contributed by atoms with van der Waals surface area (Å²) in [5, 5.41) is 7.97. The predicted molar refractivity (Wildman–Crippen MR) is 106 cm³/mol. The molecule has 0 bridgehead atoms. The molecule has 2 aliphatic heterocycles. The number of anilines is 1. The van der Waals surface area contributed by atoms with Crippen LogP contribution in [0.1, 0.15) is 16.8 Å². The lowest BCUT2D eigenvalue weighted by molar-refractivity contribution is 0.212. The van der Waals surface area contributed by atoms with E-state index in [1.807, 2.05) is 23.7 Å². The van der Waals surface area contributed by atoms with Crippen molar-refractivity contribution in [1.82, 2.24) is 19.9 Å². The quantitative estimate of drug-likeness (QED) is 0.752. The van der Waals surface area contributed by atoms with Gasteiger partial charge in [0.25, 0.3) is 0 Å². The van der Waals surface area contributed by atoms with Crippen LogP contribution in [-0.4, -0.2) is 47.4 Å². The van der Waals surface area contributed by atoms with Crippen LogP contribution in [0.4, 0.5) is 10.2 Å². The second-order valence-electron chi connectivity index (χ2n) is 7.73. The molecule has 0 radical (unpaired) electrons. The summed E-state index contributed by atoms with van der Waals surface area (Å²) in [6.45, 7) is 6.15. The molecule has 7 heteroatoms. The maximum Gasteiger partial charge on any atom is 0.165 e. The van der Waals surface area contributed by atoms with Gasteiger partial charge in [0.15, 0.2) is 17.2 Å². The van der Waals surface area contributed by atoms with Crippen LogP contribution in [0.2, 0.25) is 0 Å². The number of aromatic nitrogens is 3. The maximum absolute atomic E-state index is 13.9. The third-order valence-electron chi connectivity index (χ3n) is 5.60. The minimum atomic E-state index is -0.299. The molecule has 28 heavy (non-hydrogen) atoms. The van der Waals surface area contributed by atoms with E-state index in [1.54, 1.807) is 12.1 Å². The zero-order valence-corrected chi connectivity index (χ0v) is 16.0. The van der Waals surface area contributed by atoms with Crippen LogP contribution in [-0.2, 0) is 12.8 Å². The molecule has 5 rings (SSSR count). The number of nitrogens with zero attached hydrogens (tertiary/aromatic N) is 4. The topological polar surface area (TPSA) is 54.7 Å². The normalized spacial score (nSPS) is 17.3. The summed E-state index contributed by atoms with van der Waals surface area (Å²) < 4.78 is 21.6. The van der Waals surface area contributed by atoms with Crippen molar-refractivity contribution in [3.8, 4) is 5.75 Å². The zero-order chi connectivity index (χ0) is 19.1. The Balaban J connectivity index is 1.33. The average molecular weight is 381 g/mol. The van der Waals surface area contributed by atoms with E-state index in [0.717, 1.165) is 56.0 Å². The first-order valence-electron chi connectivity index (χ1n) is 9.89. The van der Waals surface area contributed by atoms with Crippen LogP contribution in [0.25, 0.3) is 5.65 Å². The molecular weight excluding hydrogens is 357 g/mol. The van der Waals surface area contributed by atoms with Crippen molar-refractivity contribution >= 4 is 11.5 Å². The first-order chi connectivity index (χ1) is 13.7. The first kappa shape index (κ1) is 17.4. The van der Waals surface area contributed by atoms with Crippen molar-refractivity contribution in [2.24, 2.45) is 5.92 Å². The summed E-state index contributed by atoms with van der Waals surface area (Å²) in [4.78, 5) is 7.17. The highest BCUT2D eigenvalue weighted by Crippen LogP contribution is 2.32. The van der Waals surface area contributed by atoms with Crippen molar-refractivity contribution in [3.05, 3.63) is 53.1 Å². The maximum atomic E-state index is 13.9. The van der Waals surface area contributed by atoms with Gasteiger partial charge in [-0.15, -0.1) is 0 Å². The largest absolute Gasteiger partial charge is 0.490 e. The summed E-state index contributed by atoms with van der Waals surface area (Å²) in [6.07, 6.45) is 3.71. The number of aryl methyl sites for hydroxylation is 1. The Labute approximate surface area is 163 Å². The van der Waals surface area contributed by atoms with E-state index in [0.29, 0.717) is 18.3 Å². The molecule has 0 atom stereocenters. The summed E-state index contributed by atoms with van der Waals surface area (Å²) >= 11 is 0. The van der Waals surface area contributed by atoms with Gasteiger partial charge in [-0.3, -0.25) is 0 Å². The Bertz CT molecular complexity index is 1010. The molecule has 1 N–H and O–H groups in total. The van der Waals surface area contributed by atoms with E-state index in [2.05, 4.69) is 15.3 Å². The third-order valence-corrected chi connectivity index (χ3v) is 5.60. The van der Waals surface area contributed by atoms with Crippen LogP contribution < -0.4 is 15.0 Å². The summed E-state index contributed by atoms with van der Waals surface area (Å²) in [5.74, 6) is 1.58. The van der Waals surface area contributed by atoms with Crippen LogP contribution in [0.5, 0.6) is 5.75 Å². The fourth-order valence-corrected chi connectivity index (χ4v) is 4.12. The number of halogens is 1. The summed E-state index contributed by atoms with van der Waals surface area (Å²) in [5.41, 5.74) is 4.37. The second-order valence-corrected chi connectivity index (χ2v) is 7.73. The summed E-state index contributed by atoms with van der Waals surface area (Å²) in [6, 6.07) is 6.94. The average Bonchev–Trinajstić information content (AvgIpc) is 2.99. The Morgan fingerprint density at radius 2 is 2.07 bits per heavy atom. The van der Waals surface area contributed by atoms with E-state index in [-0.39, 0.29) is 5.82 Å². The molecule has 3 aromatic rings. The van der Waals surface area contributed by atoms with Gasteiger partial charge in [-0.1, -0.05) is 6.07 Å². The molecule has 4 heterocycles. The van der Waals surface area contributed by atoms with Crippen LogP contribution in [0.15, 0.2) is 30.5 Å². The van der Waals surface area contributed by atoms with Crippen molar-refractivity contribution in [2.75, 3.05) is 37.7 Å². The SMILES string of the molecule is Cc1ccc(F)c(OCC2CN(c3c4c(nc5ccnn35)CCNCC4)C2)c1. The molecule has 0 aliphatic carbocycles. The zero-order valence-electron chi connectivity index (χ0n) is 16.0. The molecular formula is C21H24FN5O. The van der Waals surface area contributed by atoms with Gasteiger partial charge in [-0.05, 0) is 37.6 Å². The van der Waals surface area contributed by atoms with Gasteiger partial charge >= 0.3 is 0 Å². The van der Waals surface area contributed by atoms with Crippen molar-refractivity contribution in [3.63, 3.8) is 0 Å². The molecule has 0 unspecified atom stereocenters. The Hall–Kier alpha value is -2.67. The Morgan fingerprint density at radius 3 is 2.96 bits per heavy atom. The highest BCUT2D eigenvalue weighted by Gasteiger charge is 2.32. The van der Waals surface area contributed by atoms with E-state index in [4.69, 9.17) is 9.72 Å². The number of hydrogen-bond donors (Lipinski definition) is 1. The number of nitrogens with one attached hydrogen (secondary N) is 1. The fourth-order valence-electron chi connectivity index (χ4n) is 4.12. The van der Waals surface area contributed by atoms with Crippen LogP contribution in [0, 0.1) is 18.7 Å². The molecule has 2 aliphatic rings. The van der Waals surface area contributed by atoms with Gasteiger partial charge in [0.1, 0.15) is 5.82 Å². The molecule has 0 saturated carbocycles. The van der Waals surface area contributed by atoms with E-state index in [1.165, 1.54) is 17.3 Å². The standard InChI is InChI=1S/C21H24FN5O/c1-14-2-3-17(22)19(10-14)28-13-15-11-26(12-15)21-16-4-7-23-8-5-18(16)25-20-6-9-24-27(20)21/h2-3,6,9-10,15,23H,4-5,7-8,11-13H2,1H3. The van der Waals surface area contributed by atoms with Gasteiger partial charge in [0.05, 0.1) is 18.5 Å². The lowest BCUT2D eigenvalue weighted by atomic mass is 9.99. The van der Waals surface area contributed by atoms with Gasteiger partial charge in [0.2, 0.25) is 0 Å². The lowest BCUT2D eigenvalue weighted by Crippen LogP contribution is -2.50. The lowest BCUT2D eigenvalue weighted by Gasteiger charge is -2.41. The molecule has 1 aromatic carbocycles. The second kappa shape index (κ2) is 7.05. The molecule has 0 spiro atoms. The molecule has 6 nitrogen and oxygen atoms in total. The molecule has 1 fully saturated rings. The van der Waals surface area contributed by atoms with Crippen LogP contribution in [0.3, 0.4) is 0 Å². The highest BCUT2D eigenvalue weighted by atomic mass is 19.1. The number of hydrogen-bond acceptors (Lipinski definition) is 5. The third kappa shape index (κ3) is 3.09. The van der Waals surface area contributed by atoms with E-state index in [9.17, 15) is 4.39 Å². The van der Waals surface area contributed by atoms with E-state index < -0.39 is 0 Å². The van der Waals surface area contributed by atoms with Gasteiger partial charge < -0.3 is 15.0 Å². The van der Waals surface area contributed by atoms with Crippen molar-refractivity contribution in [2.45, 2.75) is 19.8 Å². The van der Waals surface area contributed by atoms with Gasteiger partial charge in [-0.2, -0.15) is 9.61 Å². The fraction of sp³-hybridized carbons (Fsp3) is 0.429. The van der Waals surface area contributed by atoms with Gasteiger partial charge in [0, 0.05) is 43.6 Å². The highest BCUT2D eigenvalue weighted by molar-refractivity contribution is 5.59. The predicted octanol–water partition coefficient (Wildman–Crippen LogP) is 2.38. The Morgan fingerprint density at radius 1 is 1.21 bits per heavy atom. The Kier molecular flexibility index (Phi) is 4.39. The molecule has 1 saturated heterocycles. The van der Waals surface area contributed by atoms with E-state index >= 15 is 0 Å². The number of ether oxygens (including phenoxy) is 1. The summed E-state index contributed by atoms with van der Waals surface area (Å²) in [7, 11) is 0. The monoisotopic (exact) mass is 381 g/mol. The smallest absolute Gasteiger partial charge is 0.165 e. The molecule has 0 amide bonds. The van der Waals surface area contributed by atoms with Gasteiger partial charge in [-0.25, -0.2) is 9.37 Å². The molecule has 2 aromatic heterocycles.